The average molecular weight is 595 g/mol. The van der Waals surface area contributed by atoms with Crippen molar-refractivity contribution in [2.75, 3.05) is 5.75 Å². The van der Waals surface area contributed by atoms with Crippen molar-refractivity contribution in [3.8, 4) is 0 Å². The van der Waals surface area contributed by atoms with Gasteiger partial charge in [0.2, 0.25) is 0 Å². The molecule has 1 fully saturated rings. The maximum atomic E-state index is 13.4. The first-order chi connectivity index (χ1) is 18.2. The highest BCUT2D eigenvalue weighted by molar-refractivity contribution is 7.92. The number of aliphatic hydroxyl groups is 1. The topological polar surface area (TPSA) is 94.9 Å². The maximum absolute atomic E-state index is 13.4. The molecule has 1 saturated carbocycles. The lowest BCUT2D eigenvalue weighted by Crippen LogP contribution is -2.65. The molecule has 3 atom stereocenters. The number of carboxylic acid groups (broad SMARTS) is 1. The van der Waals surface area contributed by atoms with Crippen molar-refractivity contribution in [1.82, 2.24) is 4.90 Å². The standard InChI is InChI=1S/C30H37Cl2NO5S/c1-5-30(36)29(4,17-27(34)35)16-25(22-7-6-8-24(32)15-22)28(21-11-13-23(31)14-12-21)33(30)26(20-9-10-20)18-39(37,38)19(2)3/h6-8,11-15,19-20,26,36H,5,9-10,16-18H2,1-4H3,(H,34,35). The van der Waals surface area contributed by atoms with Crippen LogP contribution >= 0.6 is 23.2 Å². The number of benzene rings is 2. The Morgan fingerprint density at radius 1 is 1.08 bits per heavy atom. The van der Waals surface area contributed by atoms with Crippen LogP contribution in [-0.4, -0.2) is 52.3 Å². The Hall–Kier alpha value is -2.06. The minimum absolute atomic E-state index is 0.0479. The first kappa shape index (κ1) is 29.9. The lowest BCUT2D eigenvalue weighted by atomic mass is 9.65. The van der Waals surface area contributed by atoms with Gasteiger partial charge in [0.15, 0.2) is 9.84 Å². The van der Waals surface area contributed by atoms with Crippen LogP contribution < -0.4 is 0 Å². The Balaban J connectivity index is 2.09. The van der Waals surface area contributed by atoms with Crippen LogP contribution in [0.5, 0.6) is 0 Å². The zero-order valence-corrected chi connectivity index (χ0v) is 25.2. The Morgan fingerprint density at radius 2 is 1.72 bits per heavy atom. The molecule has 2 aromatic rings. The average Bonchev–Trinajstić information content (AvgIpc) is 3.70. The molecule has 2 aliphatic rings. The van der Waals surface area contributed by atoms with Gasteiger partial charge in [-0.25, -0.2) is 8.42 Å². The molecule has 0 radical (unpaired) electrons. The molecule has 39 heavy (non-hydrogen) atoms. The van der Waals surface area contributed by atoms with Crippen LogP contribution in [-0.2, 0) is 14.6 Å². The number of hydrogen-bond donors (Lipinski definition) is 2. The van der Waals surface area contributed by atoms with Crippen molar-refractivity contribution in [2.45, 2.75) is 76.8 Å². The number of nitrogens with zero attached hydrogens (tertiary/aromatic N) is 1. The van der Waals surface area contributed by atoms with E-state index in [9.17, 15) is 23.4 Å². The van der Waals surface area contributed by atoms with E-state index in [1.165, 1.54) is 0 Å². The van der Waals surface area contributed by atoms with E-state index in [1.54, 1.807) is 39.0 Å². The molecular weight excluding hydrogens is 557 g/mol. The molecule has 2 N–H and O–H groups in total. The van der Waals surface area contributed by atoms with Gasteiger partial charge in [0.25, 0.3) is 0 Å². The summed E-state index contributed by atoms with van der Waals surface area (Å²) in [7, 11) is -3.51. The normalized spacial score (nSPS) is 24.8. The fourth-order valence-electron chi connectivity index (χ4n) is 5.98. The minimum atomic E-state index is -3.51. The highest BCUT2D eigenvalue weighted by Gasteiger charge is 2.59. The zero-order valence-electron chi connectivity index (χ0n) is 22.8. The minimum Gasteiger partial charge on any atom is -0.481 e. The molecule has 4 rings (SSSR count). The molecule has 9 heteroatoms. The van der Waals surface area contributed by atoms with Crippen molar-refractivity contribution < 1.29 is 23.4 Å². The Labute approximate surface area is 241 Å². The van der Waals surface area contributed by atoms with E-state index >= 15 is 0 Å². The van der Waals surface area contributed by atoms with Crippen LogP contribution in [0.25, 0.3) is 11.3 Å². The van der Waals surface area contributed by atoms with Crippen LogP contribution in [0.15, 0.2) is 48.5 Å². The van der Waals surface area contributed by atoms with Crippen molar-refractivity contribution >= 4 is 50.3 Å². The molecule has 1 aliphatic heterocycles. The second-order valence-electron chi connectivity index (χ2n) is 11.5. The Bertz CT molecular complexity index is 1370. The molecule has 0 spiro atoms. The second-order valence-corrected chi connectivity index (χ2v) is 15.0. The molecule has 212 valence electrons. The molecule has 6 nitrogen and oxygen atoms in total. The smallest absolute Gasteiger partial charge is 0.304 e. The Morgan fingerprint density at radius 3 is 2.23 bits per heavy atom. The van der Waals surface area contributed by atoms with E-state index in [0.717, 1.165) is 29.5 Å². The van der Waals surface area contributed by atoms with E-state index in [-0.39, 0.29) is 30.9 Å². The molecule has 1 heterocycles. The summed E-state index contributed by atoms with van der Waals surface area (Å²) in [5, 5.41) is 23.2. The summed E-state index contributed by atoms with van der Waals surface area (Å²) in [5.74, 6) is -1.12. The summed E-state index contributed by atoms with van der Waals surface area (Å²) in [5.41, 5.74) is 0.309. The molecule has 0 aromatic heterocycles. The van der Waals surface area contributed by atoms with Gasteiger partial charge in [-0.15, -0.1) is 0 Å². The lowest BCUT2D eigenvalue weighted by Gasteiger charge is -2.59. The van der Waals surface area contributed by atoms with Crippen LogP contribution in [0.4, 0.5) is 0 Å². The third-order valence-electron chi connectivity index (χ3n) is 8.40. The van der Waals surface area contributed by atoms with E-state index < -0.39 is 38.2 Å². The van der Waals surface area contributed by atoms with Crippen molar-refractivity contribution in [1.29, 1.82) is 0 Å². The van der Waals surface area contributed by atoms with Crippen LogP contribution in [0.1, 0.15) is 70.9 Å². The summed E-state index contributed by atoms with van der Waals surface area (Å²) >= 11 is 12.7. The summed E-state index contributed by atoms with van der Waals surface area (Å²) in [6, 6.07) is 14.1. The van der Waals surface area contributed by atoms with Gasteiger partial charge >= 0.3 is 5.97 Å². The third kappa shape index (κ3) is 5.88. The van der Waals surface area contributed by atoms with Crippen LogP contribution in [0, 0.1) is 11.3 Å². The number of allylic oxidation sites excluding steroid dienone is 1. The predicted molar refractivity (Wildman–Crippen MR) is 157 cm³/mol. The van der Waals surface area contributed by atoms with Gasteiger partial charge < -0.3 is 15.1 Å². The molecule has 1 aliphatic carbocycles. The molecule has 0 bridgehead atoms. The van der Waals surface area contributed by atoms with Crippen molar-refractivity contribution in [3.05, 3.63) is 69.7 Å². The van der Waals surface area contributed by atoms with Gasteiger partial charge in [-0.3, -0.25) is 4.79 Å². The summed E-state index contributed by atoms with van der Waals surface area (Å²) < 4.78 is 26.8. The van der Waals surface area contributed by atoms with Gasteiger partial charge in [-0.2, -0.15) is 0 Å². The molecule has 0 saturated heterocycles. The number of rotatable bonds is 10. The summed E-state index contributed by atoms with van der Waals surface area (Å²) in [6.45, 7) is 6.96. The van der Waals surface area contributed by atoms with E-state index in [0.29, 0.717) is 15.7 Å². The highest BCUT2D eigenvalue weighted by Crippen LogP contribution is 2.58. The van der Waals surface area contributed by atoms with Gasteiger partial charge in [-0.05, 0) is 86.4 Å². The first-order valence-electron chi connectivity index (χ1n) is 13.4. The third-order valence-corrected chi connectivity index (χ3v) is 11.1. The molecule has 0 amide bonds. The van der Waals surface area contributed by atoms with Crippen LogP contribution in [0.2, 0.25) is 10.0 Å². The number of carboxylic acids is 1. The largest absolute Gasteiger partial charge is 0.481 e. The molecule has 3 unspecified atom stereocenters. The van der Waals surface area contributed by atoms with E-state index in [2.05, 4.69) is 0 Å². The molecule has 2 aromatic carbocycles. The quantitative estimate of drug-likeness (QED) is 0.316. The van der Waals surface area contributed by atoms with Gasteiger partial charge in [0, 0.05) is 21.5 Å². The summed E-state index contributed by atoms with van der Waals surface area (Å²) in [4.78, 5) is 14.1. The SMILES string of the molecule is CCC1(O)N(C(CS(=O)(=O)C(C)C)C2CC2)C(c2ccc(Cl)cc2)=C(c2cccc(Cl)c2)CC1(C)CC(=O)O. The number of halogens is 2. The maximum Gasteiger partial charge on any atom is 0.304 e. The highest BCUT2D eigenvalue weighted by atomic mass is 35.5. The monoisotopic (exact) mass is 593 g/mol. The van der Waals surface area contributed by atoms with Gasteiger partial charge in [0.1, 0.15) is 5.72 Å². The van der Waals surface area contributed by atoms with E-state index in [4.69, 9.17) is 23.2 Å². The number of sulfone groups is 1. The van der Waals surface area contributed by atoms with Gasteiger partial charge in [-0.1, -0.05) is 61.3 Å². The lowest BCUT2D eigenvalue weighted by molar-refractivity contribution is -0.193. The zero-order chi connectivity index (χ0) is 28.8. The fraction of sp³-hybridized carbons (Fsp3) is 0.500. The fourth-order valence-corrected chi connectivity index (χ4v) is 7.58. The number of aliphatic carboxylic acids is 1. The second kappa shape index (κ2) is 11.1. The number of hydrogen-bond acceptors (Lipinski definition) is 5. The van der Waals surface area contributed by atoms with Gasteiger partial charge in [0.05, 0.1) is 23.1 Å². The first-order valence-corrected chi connectivity index (χ1v) is 15.9. The van der Waals surface area contributed by atoms with Crippen molar-refractivity contribution in [2.24, 2.45) is 11.3 Å². The van der Waals surface area contributed by atoms with Crippen LogP contribution in [0.3, 0.4) is 0 Å². The predicted octanol–water partition coefficient (Wildman–Crippen LogP) is 6.75. The Kier molecular flexibility index (Phi) is 8.49. The number of carbonyl (C=O) groups is 1. The molecular formula is C30H37Cl2NO5S. The summed E-state index contributed by atoms with van der Waals surface area (Å²) in [6.07, 6.45) is 1.85. The van der Waals surface area contributed by atoms with Crippen molar-refractivity contribution in [3.63, 3.8) is 0 Å². The van der Waals surface area contributed by atoms with E-state index in [1.807, 2.05) is 42.2 Å².